The van der Waals surface area contributed by atoms with Gasteiger partial charge in [0.1, 0.15) is 6.54 Å². The lowest BCUT2D eigenvalue weighted by Crippen LogP contribution is -2.53. The Morgan fingerprint density at radius 3 is 2.41 bits per heavy atom. The van der Waals surface area contributed by atoms with E-state index in [2.05, 4.69) is 5.16 Å². The number of oxime groups is 1. The smallest absolute Gasteiger partial charge is 0.384 e. The molecule has 0 bridgehead atoms. The highest BCUT2D eigenvalue weighted by atomic mass is 35.5. The molecule has 0 N–H and O–H groups in total. The van der Waals surface area contributed by atoms with Crippen LogP contribution in [0.1, 0.15) is 52.4 Å². The number of carbonyl (C=O) groups is 2. The Balaban J connectivity index is 1.56. The summed E-state index contributed by atoms with van der Waals surface area (Å²) in [6.07, 6.45) is -9.29. The van der Waals surface area contributed by atoms with Crippen molar-refractivity contribution in [2.75, 3.05) is 26.2 Å². The molecule has 1 atom stereocenters. The van der Waals surface area contributed by atoms with Gasteiger partial charge in [-0.15, -0.1) is 0 Å². The number of urea groups is 1. The fourth-order valence-electron chi connectivity index (χ4n) is 4.70. The van der Waals surface area contributed by atoms with Crippen LogP contribution in [0.5, 0.6) is 0 Å². The first-order valence-electron chi connectivity index (χ1n) is 11.9. The number of nitrogens with zero attached hydrogens (tertiary/aromatic N) is 3. The lowest BCUT2D eigenvalue weighted by Gasteiger charge is -2.35. The summed E-state index contributed by atoms with van der Waals surface area (Å²) in [7, 11) is 0. The van der Waals surface area contributed by atoms with Crippen molar-refractivity contribution in [3.05, 3.63) is 69.2 Å². The highest BCUT2D eigenvalue weighted by molar-refractivity contribution is 6.30. The Morgan fingerprint density at radius 2 is 1.77 bits per heavy atom. The number of rotatable bonds is 6. The molecule has 2 aromatic rings. The average Bonchev–Trinajstić information content (AvgIpc) is 3.22. The van der Waals surface area contributed by atoms with Crippen LogP contribution in [0, 0.1) is 6.92 Å². The molecule has 4 rings (SSSR count). The second-order valence-electron chi connectivity index (χ2n) is 9.83. The van der Waals surface area contributed by atoms with E-state index >= 15 is 0 Å². The first kappa shape index (κ1) is 28.7. The van der Waals surface area contributed by atoms with E-state index in [4.69, 9.17) is 16.4 Å². The van der Waals surface area contributed by atoms with Crippen LogP contribution in [0.3, 0.4) is 0 Å². The fraction of sp³-hybridized carbons (Fsp3) is 0.423. The molecule has 0 aromatic heterocycles. The number of ketones is 1. The minimum absolute atomic E-state index is 0.0476. The Morgan fingerprint density at radius 1 is 1.08 bits per heavy atom. The Hall–Kier alpha value is -3.28. The van der Waals surface area contributed by atoms with E-state index in [0.29, 0.717) is 15.5 Å². The van der Waals surface area contributed by atoms with E-state index < -0.39 is 54.0 Å². The van der Waals surface area contributed by atoms with E-state index in [-0.39, 0.29) is 37.2 Å². The molecule has 6 nitrogen and oxygen atoms in total. The van der Waals surface area contributed by atoms with Crippen LogP contribution in [-0.4, -0.2) is 59.7 Å². The number of hydrogen-bond acceptors (Lipinski definition) is 4. The van der Waals surface area contributed by atoms with Gasteiger partial charge in [-0.05, 0) is 49.6 Å². The first-order chi connectivity index (χ1) is 18.1. The third kappa shape index (κ3) is 6.48. The molecule has 39 heavy (non-hydrogen) atoms. The summed E-state index contributed by atoms with van der Waals surface area (Å²) in [6.45, 7) is 1.07. The third-order valence-electron chi connectivity index (χ3n) is 6.58. The molecule has 0 aliphatic carbocycles. The van der Waals surface area contributed by atoms with Crippen molar-refractivity contribution >= 4 is 29.1 Å². The second-order valence-corrected chi connectivity index (χ2v) is 10.3. The number of amides is 2. The predicted molar refractivity (Wildman–Crippen MR) is 131 cm³/mol. The molecular formula is C26H24ClF6N3O3. The highest BCUT2D eigenvalue weighted by Crippen LogP contribution is 2.39. The average molecular weight is 576 g/mol. The normalized spacial score (nSPS) is 20.2. The molecule has 2 aromatic carbocycles. The van der Waals surface area contributed by atoms with E-state index in [1.807, 2.05) is 13.0 Å². The van der Waals surface area contributed by atoms with Crippen LogP contribution < -0.4 is 0 Å². The maximum absolute atomic E-state index is 14.0. The molecule has 2 heterocycles. The number of alkyl halides is 6. The van der Waals surface area contributed by atoms with E-state index in [1.165, 1.54) is 6.07 Å². The molecule has 2 aliphatic heterocycles. The van der Waals surface area contributed by atoms with Crippen LogP contribution >= 0.6 is 11.6 Å². The molecule has 1 saturated heterocycles. The van der Waals surface area contributed by atoms with Gasteiger partial charge in [-0.2, -0.15) is 26.3 Å². The molecule has 0 spiro atoms. The van der Waals surface area contributed by atoms with Crippen molar-refractivity contribution in [2.24, 2.45) is 5.16 Å². The van der Waals surface area contributed by atoms with Crippen molar-refractivity contribution in [3.63, 3.8) is 0 Å². The van der Waals surface area contributed by atoms with E-state index in [0.717, 1.165) is 22.6 Å². The number of hydrogen-bond donors (Lipinski definition) is 0. The number of aryl methyl sites for hydroxylation is 1. The number of Topliss-reactive ketones (excluding diaryl/α,β-unsaturated/α-hetero) is 1. The lowest BCUT2D eigenvalue weighted by atomic mass is 9.87. The topological polar surface area (TPSA) is 62.2 Å². The van der Waals surface area contributed by atoms with Crippen LogP contribution in [0.15, 0.2) is 41.6 Å². The van der Waals surface area contributed by atoms with Crippen molar-refractivity contribution in [1.82, 2.24) is 9.80 Å². The maximum atomic E-state index is 14.0. The lowest BCUT2D eigenvalue weighted by molar-refractivity contribution is -0.142. The summed E-state index contributed by atoms with van der Waals surface area (Å²) in [4.78, 5) is 32.3. The molecule has 13 heteroatoms. The van der Waals surface area contributed by atoms with Gasteiger partial charge in [-0.1, -0.05) is 35.0 Å². The van der Waals surface area contributed by atoms with Crippen molar-refractivity contribution in [1.29, 1.82) is 0 Å². The monoisotopic (exact) mass is 575 g/mol. The van der Waals surface area contributed by atoms with Gasteiger partial charge in [0, 0.05) is 35.7 Å². The summed E-state index contributed by atoms with van der Waals surface area (Å²) < 4.78 is 80.4. The van der Waals surface area contributed by atoms with Crippen molar-refractivity contribution < 1.29 is 40.8 Å². The Labute approximate surface area is 225 Å². The Kier molecular flexibility index (Phi) is 7.63. The zero-order valence-corrected chi connectivity index (χ0v) is 21.7. The molecule has 2 amide bonds. The largest absolute Gasteiger partial charge is 0.417 e. The summed E-state index contributed by atoms with van der Waals surface area (Å²) in [5, 5.41) is 4.48. The third-order valence-corrected chi connectivity index (χ3v) is 6.79. The Bertz CT molecular complexity index is 1310. The van der Waals surface area contributed by atoms with Gasteiger partial charge in [-0.25, -0.2) is 4.79 Å². The van der Waals surface area contributed by atoms with Gasteiger partial charge in [0.2, 0.25) is 0 Å². The quantitative estimate of drug-likeness (QED) is 0.289. The minimum Gasteiger partial charge on any atom is -0.384 e. The number of halogens is 7. The van der Waals surface area contributed by atoms with Crippen molar-refractivity contribution in [3.8, 4) is 0 Å². The standard InChI is InChI=1S/C26H24ClF6N3O3/c1-15-8-17(11-18(27)9-15)24(2)12-21(34-39-24)16-4-5-19(20(10-16)26(31,32)33)22(37)13-35-6-3-7-36(23(35)38)14-25(28,29)30/h4-5,8-11H,3,6-7,12-14H2,1-2H3. The summed E-state index contributed by atoms with van der Waals surface area (Å²) in [6, 6.07) is 7.31. The van der Waals surface area contributed by atoms with E-state index in [1.54, 1.807) is 19.1 Å². The molecule has 2 aliphatic rings. The van der Waals surface area contributed by atoms with Gasteiger partial charge in [0.05, 0.1) is 17.8 Å². The number of benzene rings is 2. The van der Waals surface area contributed by atoms with Crippen molar-refractivity contribution in [2.45, 2.75) is 44.6 Å². The van der Waals surface area contributed by atoms with Crippen LogP contribution in [0.25, 0.3) is 0 Å². The summed E-state index contributed by atoms with van der Waals surface area (Å²) >= 11 is 6.15. The first-order valence-corrected chi connectivity index (χ1v) is 12.3. The maximum Gasteiger partial charge on any atom is 0.417 e. The summed E-state index contributed by atoms with van der Waals surface area (Å²) in [5.74, 6) is -1.04. The van der Waals surface area contributed by atoms with Gasteiger partial charge < -0.3 is 14.6 Å². The molecular weight excluding hydrogens is 552 g/mol. The van der Waals surface area contributed by atoms with Gasteiger partial charge >= 0.3 is 18.4 Å². The van der Waals surface area contributed by atoms with Crippen LogP contribution in [-0.2, 0) is 16.6 Å². The molecule has 1 fully saturated rings. The molecule has 0 radical (unpaired) electrons. The highest BCUT2D eigenvalue weighted by Gasteiger charge is 2.41. The van der Waals surface area contributed by atoms with Crippen LogP contribution in [0.2, 0.25) is 5.02 Å². The summed E-state index contributed by atoms with van der Waals surface area (Å²) in [5.41, 5.74) is -1.03. The minimum atomic E-state index is -4.93. The van der Waals surface area contributed by atoms with Gasteiger partial charge in [0.15, 0.2) is 11.4 Å². The van der Waals surface area contributed by atoms with Gasteiger partial charge in [-0.3, -0.25) is 4.79 Å². The SMILES string of the molecule is Cc1cc(Cl)cc(C2(C)CC(c3ccc(C(=O)CN4CCCN(CC(F)(F)F)C4=O)c(C(F)(F)F)c3)=NO2)c1. The molecule has 1 unspecified atom stereocenters. The fourth-order valence-corrected chi connectivity index (χ4v) is 4.99. The molecule has 210 valence electrons. The van der Waals surface area contributed by atoms with Crippen LogP contribution in [0.4, 0.5) is 31.1 Å². The number of carbonyl (C=O) groups excluding carboxylic acids is 2. The predicted octanol–water partition coefficient (Wildman–Crippen LogP) is 6.58. The molecule has 0 saturated carbocycles. The van der Waals surface area contributed by atoms with Gasteiger partial charge in [0.25, 0.3) is 0 Å². The second kappa shape index (κ2) is 10.4. The zero-order chi connectivity index (χ0) is 28.8. The zero-order valence-electron chi connectivity index (χ0n) is 20.9. The van der Waals surface area contributed by atoms with E-state index in [9.17, 15) is 35.9 Å².